The van der Waals surface area contributed by atoms with Crippen LogP contribution in [-0.2, 0) is 0 Å². The number of allylic oxidation sites excluding steroid dienone is 2. The molecule has 0 amide bonds. The molecule has 2 heterocycles. The van der Waals surface area contributed by atoms with Gasteiger partial charge >= 0.3 is 11.4 Å². The summed E-state index contributed by atoms with van der Waals surface area (Å²) in [6, 6.07) is 12.1. The normalized spacial score (nSPS) is 10.9. The number of nitrogens with zero attached hydrogens (tertiary/aromatic N) is 2. The summed E-state index contributed by atoms with van der Waals surface area (Å²) in [5, 5.41) is 22.1. The lowest BCUT2D eigenvalue weighted by Gasteiger charge is -2.09. The van der Waals surface area contributed by atoms with E-state index in [1.807, 2.05) is 0 Å². The third-order valence-electron chi connectivity index (χ3n) is 5.36. The number of benzene rings is 2. The van der Waals surface area contributed by atoms with Gasteiger partial charge in [-0.05, 0) is 73.2 Å². The highest BCUT2D eigenvalue weighted by atomic mass is 35.5. The van der Waals surface area contributed by atoms with Gasteiger partial charge in [0.15, 0.2) is 0 Å². The molecule has 0 radical (unpaired) electrons. The van der Waals surface area contributed by atoms with E-state index in [1.54, 1.807) is 6.92 Å². The number of aromatic amines is 2. The molecule has 38 heavy (non-hydrogen) atoms. The number of hydrogen-bond donors (Lipinski definition) is 4. The summed E-state index contributed by atoms with van der Waals surface area (Å²) in [6.45, 7) is 1.58. The van der Waals surface area contributed by atoms with Crippen molar-refractivity contribution < 1.29 is 10.2 Å². The minimum atomic E-state index is -0.849. The average molecular weight is 553 g/mol. The van der Waals surface area contributed by atoms with Gasteiger partial charge in [-0.15, -0.1) is 5.73 Å². The fourth-order valence-electron chi connectivity index (χ4n) is 3.46. The predicted molar refractivity (Wildman–Crippen MR) is 145 cm³/mol. The van der Waals surface area contributed by atoms with Crippen molar-refractivity contribution in [1.82, 2.24) is 19.1 Å². The number of H-pyrrole nitrogens is 2. The SMILES string of the molecule is CC(=C=Cc1c(O)n(-c2ccc(Cl)cc2)c(=O)[nH]c1=O)C=Cc1c(O)n(-c2ccc(Cl)cc2)c(=O)[nH]c1=O. The fourth-order valence-corrected chi connectivity index (χ4v) is 3.71. The highest BCUT2D eigenvalue weighted by Crippen LogP contribution is 2.21. The summed E-state index contributed by atoms with van der Waals surface area (Å²) in [7, 11) is 0. The van der Waals surface area contributed by atoms with Crippen LogP contribution in [0.3, 0.4) is 0 Å². The summed E-state index contributed by atoms with van der Waals surface area (Å²) in [5.41, 5.74) is -0.120. The maximum Gasteiger partial charge on any atom is 0.335 e. The van der Waals surface area contributed by atoms with Gasteiger partial charge in [0.05, 0.1) is 11.4 Å². The molecule has 12 heteroatoms. The van der Waals surface area contributed by atoms with Crippen molar-refractivity contribution in [3.05, 3.63) is 129 Å². The maximum absolute atomic E-state index is 12.3. The van der Waals surface area contributed by atoms with Gasteiger partial charge in [0.25, 0.3) is 11.1 Å². The second-order valence-corrected chi connectivity index (χ2v) is 8.79. The molecule has 4 N–H and O–H groups in total. The minimum Gasteiger partial charge on any atom is -0.494 e. The Kier molecular flexibility index (Phi) is 7.40. The minimum absolute atomic E-state index is 0.210. The summed E-state index contributed by atoms with van der Waals surface area (Å²) in [5.74, 6) is -1.22. The molecule has 0 saturated carbocycles. The summed E-state index contributed by atoms with van der Waals surface area (Å²) >= 11 is 11.8. The van der Waals surface area contributed by atoms with E-state index in [0.29, 0.717) is 15.6 Å². The smallest absolute Gasteiger partial charge is 0.335 e. The van der Waals surface area contributed by atoms with Gasteiger partial charge in [0.2, 0.25) is 11.8 Å². The first-order valence-electron chi connectivity index (χ1n) is 10.9. The molecule has 0 saturated heterocycles. The van der Waals surface area contributed by atoms with Crippen LogP contribution in [0.2, 0.25) is 10.0 Å². The van der Waals surface area contributed by atoms with E-state index < -0.39 is 34.3 Å². The van der Waals surface area contributed by atoms with Crippen molar-refractivity contribution in [2.75, 3.05) is 0 Å². The predicted octanol–water partition coefficient (Wildman–Crippen LogP) is 3.35. The zero-order chi connectivity index (χ0) is 27.6. The highest BCUT2D eigenvalue weighted by Gasteiger charge is 2.15. The summed E-state index contributed by atoms with van der Waals surface area (Å²) in [6.07, 6.45) is 3.82. The van der Waals surface area contributed by atoms with Crippen molar-refractivity contribution >= 4 is 35.4 Å². The van der Waals surface area contributed by atoms with E-state index in [9.17, 15) is 29.4 Å². The van der Waals surface area contributed by atoms with Gasteiger partial charge in [-0.25, -0.2) is 18.7 Å². The second-order valence-electron chi connectivity index (χ2n) is 7.92. The molecule has 4 aromatic rings. The van der Waals surface area contributed by atoms with Crippen molar-refractivity contribution in [1.29, 1.82) is 0 Å². The summed E-state index contributed by atoms with van der Waals surface area (Å²) < 4.78 is 1.80. The first kappa shape index (κ1) is 26.3. The molecule has 2 aromatic carbocycles. The molecule has 0 aliphatic rings. The molecule has 4 rings (SSSR count). The Labute approximate surface area is 223 Å². The highest BCUT2D eigenvalue weighted by molar-refractivity contribution is 6.30. The Morgan fingerprint density at radius 1 is 0.763 bits per heavy atom. The zero-order valence-corrected chi connectivity index (χ0v) is 21.0. The number of hydrogen-bond acceptors (Lipinski definition) is 6. The summed E-state index contributed by atoms with van der Waals surface area (Å²) in [4.78, 5) is 53.6. The quantitative estimate of drug-likeness (QED) is 0.220. The zero-order valence-electron chi connectivity index (χ0n) is 19.5. The van der Waals surface area contributed by atoms with E-state index in [2.05, 4.69) is 15.7 Å². The Morgan fingerprint density at radius 3 is 1.66 bits per heavy atom. The Bertz CT molecular complexity index is 1870. The molecule has 0 spiro atoms. The van der Waals surface area contributed by atoms with Crippen molar-refractivity contribution in [3.8, 4) is 23.1 Å². The Morgan fingerprint density at radius 2 is 1.18 bits per heavy atom. The third-order valence-corrected chi connectivity index (χ3v) is 5.86. The molecule has 0 fully saturated rings. The molecule has 0 atom stereocenters. The average Bonchev–Trinajstić information content (AvgIpc) is 2.85. The lowest BCUT2D eigenvalue weighted by Crippen LogP contribution is -2.30. The Balaban J connectivity index is 1.74. The van der Waals surface area contributed by atoms with E-state index in [1.165, 1.54) is 66.8 Å². The topological polar surface area (TPSA) is 150 Å². The molecule has 0 bridgehead atoms. The van der Waals surface area contributed by atoms with Crippen LogP contribution in [0.25, 0.3) is 23.5 Å². The second kappa shape index (κ2) is 10.7. The molecule has 0 aliphatic heterocycles. The first-order chi connectivity index (χ1) is 18.1. The third kappa shape index (κ3) is 5.33. The van der Waals surface area contributed by atoms with Gasteiger partial charge in [-0.3, -0.25) is 19.6 Å². The molecule has 0 unspecified atom stereocenters. The van der Waals surface area contributed by atoms with Crippen LogP contribution in [0.15, 0.2) is 85.1 Å². The van der Waals surface area contributed by atoms with Crippen LogP contribution >= 0.6 is 23.2 Å². The van der Waals surface area contributed by atoms with Crippen molar-refractivity contribution in [3.63, 3.8) is 0 Å². The molecule has 2 aromatic heterocycles. The van der Waals surface area contributed by atoms with Gasteiger partial charge in [0, 0.05) is 10.0 Å². The van der Waals surface area contributed by atoms with Crippen LogP contribution in [0.5, 0.6) is 11.8 Å². The standard InChI is InChI=1S/C26H18Cl2N4O6/c1-14(2-12-19-21(33)29-25(37)31(23(19)35)17-8-4-15(27)5-9-17)3-13-20-22(34)30-26(38)32(24(20)36)18-10-6-16(28)7-11-18/h2,4-13,35-36H,1H3,(H,29,33,37)(H,30,34,38). The van der Waals surface area contributed by atoms with Gasteiger partial charge in [0.1, 0.15) is 11.1 Å². The van der Waals surface area contributed by atoms with Gasteiger partial charge < -0.3 is 10.2 Å². The van der Waals surface area contributed by atoms with Crippen molar-refractivity contribution in [2.24, 2.45) is 0 Å². The molecule has 192 valence electrons. The number of nitrogens with one attached hydrogen (secondary N) is 2. The van der Waals surface area contributed by atoms with E-state index in [0.717, 1.165) is 9.13 Å². The largest absolute Gasteiger partial charge is 0.494 e. The molecule has 10 nitrogen and oxygen atoms in total. The van der Waals surface area contributed by atoms with Crippen LogP contribution in [-0.4, -0.2) is 29.3 Å². The number of aromatic hydroxyl groups is 2. The van der Waals surface area contributed by atoms with E-state index >= 15 is 0 Å². The number of halogens is 2. The lowest BCUT2D eigenvalue weighted by atomic mass is 10.2. The maximum atomic E-state index is 12.3. The number of aromatic nitrogens is 4. The van der Waals surface area contributed by atoms with E-state index in [4.69, 9.17) is 23.2 Å². The number of rotatable bonds is 5. The van der Waals surface area contributed by atoms with Crippen LogP contribution in [0, 0.1) is 0 Å². The molecular weight excluding hydrogens is 535 g/mol. The van der Waals surface area contributed by atoms with Crippen LogP contribution in [0.4, 0.5) is 0 Å². The fraction of sp³-hybridized carbons (Fsp3) is 0.0385. The van der Waals surface area contributed by atoms with Crippen molar-refractivity contribution in [2.45, 2.75) is 6.92 Å². The lowest BCUT2D eigenvalue weighted by molar-refractivity contribution is 0.429. The van der Waals surface area contributed by atoms with Crippen LogP contribution < -0.4 is 22.5 Å². The van der Waals surface area contributed by atoms with Crippen LogP contribution in [0.1, 0.15) is 18.1 Å². The molecular formula is C26H18Cl2N4O6. The molecule has 0 aliphatic carbocycles. The first-order valence-corrected chi connectivity index (χ1v) is 11.6. The Hall–Kier alpha value is -4.76. The van der Waals surface area contributed by atoms with Gasteiger partial charge in [-0.1, -0.05) is 29.3 Å². The van der Waals surface area contributed by atoms with Gasteiger partial charge in [-0.2, -0.15) is 0 Å². The monoisotopic (exact) mass is 552 g/mol. The van der Waals surface area contributed by atoms with E-state index in [-0.39, 0.29) is 22.5 Å².